The zero-order valence-corrected chi connectivity index (χ0v) is 21.4. The molecule has 0 spiro atoms. The molecule has 0 aliphatic heterocycles. The third-order valence-corrected chi connectivity index (χ3v) is 6.88. The van der Waals surface area contributed by atoms with Gasteiger partial charge in [-0.05, 0) is 54.3 Å². The number of unbranched alkanes of at least 4 members (excludes halogenated alkanes) is 2. The number of anilines is 2. The normalized spacial score (nSPS) is 11.0. The summed E-state index contributed by atoms with van der Waals surface area (Å²) in [6, 6.07) is 31.5. The number of nitrogen functional groups attached to an aromatic ring is 1. The predicted octanol–water partition coefficient (Wildman–Crippen LogP) is 6.65. The number of rotatable bonds is 12. The maximum absolute atomic E-state index is 12.4. The molecule has 0 atom stereocenters. The van der Waals surface area contributed by atoms with Crippen LogP contribution in [0.3, 0.4) is 0 Å². The van der Waals surface area contributed by atoms with Gasteiger partial charge in [0.1, 0.15) is 0 Å². The van der Waals surface area contributed by atoms with E-state index in [-0.39, 0.29) is 11.3 Å². The molecule has 4 N–H and O–H groups in total. The third-order valence-electron chi connectivity index (χ3n) is 6.27. The van der Waals surface area contributed by atoms with Gasteiger partial charge in [-0.3, -0.25) is 10.2 Å². The van der Waals surface area contributed by atoms with E-state index in [1.54, 1.807) is 0 Å². The van der Waals surface area contributed by atoms with E-state index in [0.717, 1.165) is 31.5 Å². The molecule has 1 aromatic heterocycles. The number of hydrogen-bond acceptors (Lipinski definition) is 6. The van der Waals surface area contributed by atoms with E-state index in [4.69, 9.17) is 10.3 Å². The predicted molar refractivity (Wildman–Crippen MR) is 151 cm³/mol. The first-order valence-electron chi connectivity index (χ1n) is 12.3. The minimum Gasteiger partial charge on any atom is -0.433 e. The average molecular weight is 500 g/mol. The zero-order chi connectivity index (χ0) is 25.2. The van der Waals surface area contributed by atoms with Gasteiger partial charge in [-0.25, -0.2) is 5.84 Å². The van der Waals surface area contributed by atoms with Crippen molar-refractivity contribution < 1.29 is 4.42 Å². The molecule has 0 radical (unpaired) electrons. The lowest BCUT2D eigenvalue weighted by molar-refractivity contribution is 0.461. The van der Waals surface area contributed by atoms with Crippen molar-refractivity contribution in [1.82, 2.24) is 0 Å². The summed E-state index contributed by atoms with van der Waals surface area (Å²) >= 11 is 1.38. The minimum absolute atomic E-state index is 0.0279. The van der Waals surface area contributed by atoms with Crippen molar-refractivity contribution in [2.75, 3.05) is 23.5 Å². The van der Waals surface area contributed by atoms with Gasteiger partial charge >= 0.3 is 0 Å². The summed E-state index contributed by atoms with van der Waals surface area (Å²) in [7, 11) is 0. The zero-order valence-electron chi connectivity index (χ0n) is 20.6. The van der Waals surface area contributed by atoms with Crippen LogP contribution in [0.4, 0.5) is 11.6 Å². The molecule has 0 unspecified atom stereocenters. The van der Waals surface area contributed by atoms with Crippen LogP contribution in [0.15, 0.2) is 105 Å². The summed E-state index contributed by atoms with van der Waals surface area (Å²) in [6.07, 6.45) is 5.40. The second kappa shape index (κ2) is 13.0. The van der Waals surface area contributed by atoms with Crippen molar-refractivity contribution in [3.05, 3.63) is 123 Å². The van der Waals surface area contributed by atoms with Crippen LogP contribution in [-0.4, -0.2) is 12.8 Å². The number of thioether (sulfide) groups is 1. The lowest BCUT2D eigenvalue weighted by Gasteiger charge is -2.20. The molecule has 0 amide bonds. The number of hydrazine groups is 1. The summed E-state index contributed by atoms with van der Waals surface area (Å²) < 4.78 is 5.63. The van der Waals surface area contributed by atoms with Crippen molar-refractivity contribution in [1.29, 1.82) is 0 Å². The fourth-order valence-electron chi connectivity index (χ4n) is 4.48. The van der Waals surface area contributed by atoms with Gasteiger partial charge in [0.05, 0.1) is 5.56 Å². The highest BCUT2D eigenvalue weighted by atomic mass is 32.2. The molecule has 0 aliphatic rings. The van der Waals surface area contributed by atoms with E-state index in [2.05, 4.69) is 95.7 Å². The maximum Gasteiger partial charge on any atom is 0.215 e. The van der Waals surface area contributed by atoms with Crippen molar-refractivity contribution in [3.63, 3.8) is 0 Å². The van der Waals surface area contributed by atoms with Gasteiger partial charge in [0.25, 0.3) is 0 Å². The molecule has 0 saturated carbocycles. The largest absolute Gasteiger partial charge is 0.433 e. The van der Waals surface area contributed by atoms with Crippen LogP contribution in [0.25, 0.3) is 0 Å². The second-order valence-corrected chi connectivity index (χ2v) is 9.51. The molecular formula is C30H33N3O2S. The molecule has 4 aromatic rings. The first kappa shape index (κ1) is 25.6. The number of benzene rings is 3. The second-order valence-electron chi connectivity index (χ2n) is 8.70. The molecule has 4 rings (SSSR count). The lowest BCUT2D eigenvalue weighted by Crippen LogP contribution is -2.16. The lowest BCUT2D eigenvalue weighted by atomic mass is 9.85. The summed E-state index contributed by atoms with van der Waals surface area (Å²) in [5, 5.41) is 4.14. The monoisotopic (exact) mass is 499 g/mol. The van der Waals surface area contributed by atoms with Crippen molar-refractivity contribution >= 4 is 23.3 Å². The summed E-state index contributed by atoms with van der Waals surface area (Å²) in [6.45, 7) is 0.868. The van der Waals surface area contributed by atoms with E-state index in [1.807, 2.05) is 6.26 Å². The van der Waals surface area contributed by atoms with Crippen LogP contribution >= 0.6 is 11.8 Å². The Morgan fingerprint density at radius 1 is 0.833 bits per heavy atom. The van der Waals surface area contributed by atoms with Crippen LogP contribution in [-0.2, 0) is 6.42 Å². The highest BCUT2D eigenvalue weighted by Crippen LogP contribution is 2.33. The number of nitrogens with one attached hydrogen (secondary N) is 2. The Morgan fingerprint density at radius 3 is 2.14 bits per heavy atom. The Hall–Kier alpha value is -3.48. The van der Waals surface area contributed by atoms with Gasteiger partial charge in [-0.2, -0.15) is 0 Å². The van der Waals surface area contributed by atoms with Crippen LogP contribution in [0.1, 0.15) is 47.4 Å². The molecular weight excluding hydrogens is 466 g/mol. The topological polar surface area (TPSA) is 80.3 Å². The molecule has 186 valence electrons. The molecule has 3 aromatic carbocycles. The number of hydrogen-bond donors (Lipinski definition) is 3. The SMILES string of the molecule is CSc1cc(=O)c(CCCCCNc2cccc(C(c3ccccc3)c3ccccc3)c2)c(NN)o1. The smallest absolute Gasteiger partial charge is 0.215 e. The highest BCUT2D eigenvalue weighted by molar-refractivity contribution is 7.98. The van der Waals surface area contributed by atoms with Crippen molar-refractivity contribution in [2.24, 2.45) is 5.84 Å². The standard InChI is InChI=1S/C30H33N3O2S/c1-36-28-21-27(34)26(30(33-31)35-28)18-9-4-10-19-32-25-17-11-16-24(20-25)29(22-12-5-2-6-13-22)23-14-7-3-8-15-23/h2-3,5-8,11-17,20-21,29,32-33H,4,9-10,18-19,31H2,1H3. The summed E-state index contributed by atoms with van der Waals surface area (Å²) in [4.78, 5) is 12.4. The van der Waals surface area contributed by atoms with E-state index in [9.17, 15) is 4.79 Å². The van der Waals surface area contributed by atoms with E-state index < -0.39 is 0 Å². The Morgan fingerprint density at radius 2 is 1.50 bits per heavy atom. The Bertz CT molecular complexity index is 1250. The van der Waals surface area contributed by atoms with Crippen LogP contribution in [0.5, 0.6) is 0 Å². The Labute approximate surface area is 217 Å². The Kier molecular flexibility index (Phi) is 9.25. The van der Waals surface area contributed by atoms with E-state index >= 15 is 0 Å². The van der Waals surface area contributed by atoms with Crippen LogP contribution < -0.4 is 22.0 Å². The van der Waals surface area contributed by atoms with Gasteiger partial charge < -0.3 is 9.73 Å². The van der Waals surface area contributed by atoms with Gasteiger partial charge in [0.15, 0.2) is 10.5 Å². The van der Waals surface area contributed by atoms with Gasteiger partial charge in [-0.1, -0.05) is 91.0 Å². The molecule has 5 nitrogen and oxygen atoms in total. The fourth-order valence-corrected chi connectivity index (χ4v) is 4.88. The quantitative estimate of drug-likeness (QED) is 0.0665. The van der Waals surface area contributed by atoms with E-state index in [1.165, 1.54) is 34.5 Å². The van der Waals surface area contributed by atoms with Gasteiger partial charge in [0, 0.05) is 24.2 Å². The summed E-state index contributed by atoms with van der Waals surface area (Å²) in [5.41, 5.74) is 8.06. The molecule has 36 heavy (non-hydrogen) atoms. The third kappa shape index (κ3) is 6.59. The maximum atomic E-state index is 12.4. The van der Waals surface area contributed by atoms with Gasteiger partial charge in [-0.15, -0.1) is 0 Å². The molecule has 0 saturated heterocycles. The van der Waals surface area contributed by atoms with Crippen LogP contribution in [0.2, 0.25) is 0 Å². The molecule has 1 heterocycles. The fraction of sp³-hybridized carbons (Fsp3) is 0.233. The first-order valence-corrected chi connectivity index (χ1v) is 13.5. The summed E-state index contributed by atoms with van der Waals surface area (Å²) in [5.74, 6) is 6.12. The molecule has 0 bridgehead atoms. The number of nitrogens with two attached hydrogens (primary N) is 1. The minimum atomic E-state index is -0.0279. The average Bonchev–Trinajstić information content (AvgIpc) is 2.92. The van der Waals surface area contributed by atoms with Crippen molar-refractivity contribution in [3.8, 4) is 0 Å². The molecule has 6 heteroatoms. The Balaban J connectivity index is 1.35. The first-order chi connectivity index (χ1) is 17.7. The van der Waals surface area contributed by atoms with Crippen molar-refractivity contribution in [2.45, 2.75) is 36.7 Å². The van der Waals surface area contributed by atoms with Crippen LogP contribution in [0, 0.1) is 0 Å². The molecule has 0 fully saturated rings. The van der Waals surface area contributed by atoms with Gasteiger partial charge in [0.2, 0.25) is 5.88 Å². The van der Waals surface area contributed by atoms with E-state index in [0.29, 0.717) is 23.0 Å². The highest BCUT2D eigenvalue weighted by Gasteiger charge is 2.16. The molecule has 0 aliphatic carbocycles.